The number of ether oxygens (including phenoxy) is 1. The van der Waals surface area contributed by atoms with E-state index in [-0.39, 0.29) is 23.0 Å². The van der Waals surface area contributed by atoms with Gasteiger partial charge in [0.15, 0.2) is 5.69 Å². The number of hydrogen-bond donors (Lipinski definition) is 2. The highest BCUT2D eigenvalue weighted by molar-refractivity contribution is 5.92. The number of methoxy groups -OCH3 is 1. The van der Waals surface area contributed by atoms with E-state index in [2.05, 4.69) is 29.6 Å². The van der Waals surface area contributed by atoms with Gasteiger partial charge in [-0.3, -0.25) is 4.79 Å². The molecule has 0 bridgehead atoms. The van der Waals surface area contributed by atoms with Crippen LogP contribution in [0.4, 0.5) is 0 Å². The van der Waals surface area contributed by atoms with Crippen LogP contribution in [0.15, 0.2) is 10.6 Å². The summed E-state index contributed by atoms with van der Waals surface area (Å²) in [5.41, 5.74) is 0.209. The lowest BCUT2D eigenvalue weighted by Crippen LogP contribution is -2.39. The molecule has 0 spiro atoms. The van der Waals surface area contributed by atoms with Gasteiger partial charge in [-0.25, -0.2) is 0 Å². The highest BCUT2D eigenvalue weighted by atomic mass is 16.6. The first-order chi connectivity index (χ1) is 7.98. The molecular formula is C11H19N3O3. The van der Waals surface area contributed by atoms with Gasteiger partial charge in [0.05, 0.1) is 13.2 Å². The van der Waals surface area contributed by atoms with E-state index in [0.29, 0.717) is 6.54 Å². The molecule has 17 heavy (non-hydrogen) atoms. The van der Waals surface area contributed by atoms with Crippen LogP contribution in [0.25, 0.3) is 0 Å². The fraction of sp³-hybridized carbons (Fsp3) is 0.636. The topological polar surface area (TPSA) is 76.4 Å². The van der Waals surface area contributed by atoms with Crippen LogP contribution in [0.2, 0.25) is 0 Å². The normalized spacial score (nSPS) is 11.3. The predicted molar refractivity (Wildman–Crippen MR) is 63.1 cm³/mol. The maximum atomic E-state index is 11.7. The Kier molecular flexibility index (Phi) is 4.51. The van der Waals surface area contributed by atoms with Crippen LogP contribution in [-0.2, 0) is 0 Å². The number of aromatic nitrogens is 1. The molecule has 2 N–H and O–H groups in total. The largest absolute Gasteiger partial charge is 0.467 e. The molecule has 0 aliphatic rings. The van der Waals surface area contributed by atoms with Crippen LogP contribution >= 0.6 is 0 Å². The molecule has 0 aliphatic heterocycles. The van der Waals surface area contributed by atoms with E-state index >= 15 is 0 Å². The van der Waals surface area contributed by atoms with Crippen LogP contribution in [-0.4, -0.2) is 38.3 Å². The molecule has 0 aliphatic carbocycles. The fourth-order valence-corrected chi connectivity index (χ4v) is 1.41. The van der Waals surface area contributed by atoms with Crippen LogP contribution in [0.5, 0.6) is 5.95 Å². The summed E-state index contributed by atoms with van der Waals surface area (Å²) in [5.74, 6) is -0.0362. The molecule has 96 valence electrons. The van der Waals surface area contributed by atoms with Crippen molar-refractivity contribution < 1.29 is 14.1 Å². The Bertz CT molecular complexity index is 374. The molecule has 6 nitrogen and oxygen atoms in total. The van der Waals surface area contributed by atoms with E-state index in [1.165, 1.54) is 13.2 Å². The molecule has 1 heterocycles. The quantitative estimate of drug-likeness (QED) is 0.765. The van der Waals surface area contributed by atoms with Crippen molar-refractivity contribution in [2.24, 2.45) is 5.41 Å². The Hall–Kier alpha value is -1.56. The third-order valence-electron chi connectivity index (χ3n) is 2.31. The van der Waals surface area contributed by atoms with Crippen molar-refractivity contribution in [3.8, 4) is 5.95 Å². The minimum atomic E-state index is -0.263. The average molecular weight is 241 g/mol. The number of nitrogens with one attached hydrogen (secondary N) is 2. The highest BCUT2D eigenvalue weighted by Gasteiger charge is 2.19. The second-order valence-electron chi connectivity index (χ2n) is 4.61. The summed E-state index contributed by atoms with van der Waals surface area (Å²) in [6.45, 7) is 5.50. The van der Waals surface area contributed by atoms with E-state index in [1.807, 2.05) is 7.05 Å². The van der Waals surface area contributed by atoms with Gasteiger partial charge in [0.25, 0.3) is 5.91 Å². The van der Waals surface area contributed by atoms with Crippen LogP contribution in [0, 0.1) is 5.41 Å². The summed E-state index contributed by atoms with van der Waals surface area (Å²) in [6.07, 6.45) is 0. The third-order valence-corrected chi connectivity index (χ3v) is 2.31. The zero-order chi connectivity index (χ0) is 12.9. The molecule has 1 amide bonds. The zero-order valence-electron chi connectivity index (χ0n) is 10.7. The first-order valence-electron chi connectivity index (χ1n) is 5.42. The third kappa shape index (κ3) is 4.07. The lowest BCUT2D eigenvalue weighted by molar-refractivity contribution is 0.0927. The summed E-state index contributed by atoms with van der Waals surface area (Å²) < 4.78 is 9.58. The fourth-order valence-electron chi connectivity index (χ4n) is 1.41. The molecule has 1 rings (SSSR count). The van der Waals surface area contributed by atoms with Gasteiger partial charge < -0.3 is 19.9 Å². The van der Waals surface area contributed by atoms with Crippen molar-refractivity contribution in [3.05, 3.63) is 11.8 Å². The lowest BCUT2D eigenvalue weighted by Gasteiger charge is -2.24. The first kappa shape index (κ1) is 13.5. The van der Waals surface area contributed by atoms with Gasteiger partial charge in [-0.2, -0.15) is 0 Å². The number of hydrogen-bond acceptors (Lipinski definition) is 5. The molecule has 0 radical (unpaired) electrons. The lowest BCUT2D eigenvalue weighted by atomic mass is 9.93. The van der Waals surface area contributed by atoms with Crippen LogP contribution in [0.1, 0.15) is 24.3 Å². The standard InChI is InChI=1S/C11H19N3O3/c1-11(2,6-12-3)7-13-10(15)8-5-9(16-4)17-14-8/h5,12H,6-7H2,1-4H3,(H,13,15). The van der Waals surface area contributed by atoms with Gasteiger partial charge in [-0.15, -0.1) is 0 Å². The van der Waals surface area contributed by atoms with Crippen molar-refractivity contribution in [1.29, 1.82) is 0 Å². The summed E-state index contributed by atoms with van der Waals surface area (Å²) >= 11 is 0. The molecule has 0 atom stereocenters. The molecule has 6 heteroatoms. The first-order valence-corrected chi connectivity index (χ1v) is 5.42. The SMILES string of the molecule is CNCC(C)(C)CNC(=O)c1cc(OC)on1. The Labute approximate surface area is 101 Å². The molecule has 1 aromatic rings. The summed E-state index contributed by atoms with van der Waals surface area (Å²) in [6, 6.07) is 1.46. The molecule has 1 aromatic heterocycles. The molecular weight excluding hydrogens is 222 g/mol. The van der Waals surface area contributed by atoms with E-state index in [0.717, 1.165) is 6.54 Å². The van der Waals surface area contributed by atoms with Crippen molar-refractivity contribution in [1.82, 2.24) is 15.8 Å². The van der Waals surface area contributed by atoms with Crippen molar-refractivity contribution in [3.63, 3.8) is 0 Å². The van der Waals surface area contributed by atoms with Gasteiger partial charge in [-0.1, -0.05) is 19.0 Å². The Morgan fingerprint density at radius 3 is 2.76 bits per heavy atom. The molecule has 0 unspecified atom stereocenters. The van der Waals surface area contributed by atoms with Gasteiger partial charge in [-0.05, 0) is 12.5 Å². The zero-order valence-corrected chi connectivity index (χ0v) is 10.7. The van der Waals surface area contributed by atoms with E-state index in [4.69, 9.17) is 9.26 Å². The number of carbonyl (C=O) groups excluding carboxylic acids is 1. The number of amides is 1. The monoisotopic (exact) mass is 241 g/mol. The molecule has 0 saturated carbocycles. The number of rotatable bonds is 6. The van der Waals surface area contributed by atoms with E-state index in [1.54, 1.807) is 0 Å². The highest BCUT2D eigenvalue weighted by Crippen LogP contribution is 2.13. The van der Waals surface area contributed by atoms with Crippen molar-refractivity contribution in [2.75, 3.05) is 27.2 Å². The molecule has 0 saturated heterocycles. The molecule has 0 aromatic carbocycles. The summed E-state index contributed by atoms with van der Waals surface area (Å²) in [5, 5.41) is 9.49. The Morgan fingerprint density at radius 1 is 1.53 bits per heavy atom. The van der Waals surface area contributed by atoms with Gasteiger partial charge in [0.2, 0.25) is 0 Å². The summed E-state index contributed by atoms with van der Waals surface area (Å²) in [4.78, 5) is 11.7. The van der Waals surface area contributed by atoms with Gasteiger partial charge in [0, 0.05) is 13.1 Å². The molecule has 0 fully saturated rings. The van der Waals surface area contributed by atoms with E-state index < -0.39 is 0 Å². The smallest absolute Gasteiger partial charge is 0.311 e. The minimum Gasteiger partial charge on any atom is -0.467 e. The number of nitrogens with zero attached hydrogens (tertiary/aromatic N) is 1. The van der Waals surface area contributed by atoms with Crippen molar-refractivity contribution >= 4 is 5.91 Å². The van der Waals surface area contributed by atoms with Crippen LogP contribution in [0.3, 0.4) is 0 Å². The Balaban J connectivity index is 2.49. The second-order valence-corrected chi connectivity index (χ2v) is 4.61. The predicted octanol–water partition coefficient (Wildman–Crippen LogP) is 0.659. The maximum absolute atomic E-state index is 11.7. The van der Waals surface area contributed by atoms with Crippen molar-refractivity contribution in [2.45, 2.75) is 13.8 Å². The van der Waals surface area contributed by atoms with Gasteiger partial charge >= 0.3 is 5.95 Å². The maximum Gasteiger partial charge on any atom is 0.311 e. The van der Waals surface area contributed by atoms with Crippen LogP contribution < -0.4 is 15.4 Å². The van der Waals surface area contributed by atoms with E-state index in [9.17, 15) is 4.79 Å². The average Bonchev–Trinajstić information content (AvgIpc) is 2.74. The van der Waals surface area contributed by atoms with Gasteiger partial charge in [0.1, 0.15) is 0 Å². The number of carbonyl (C=O) groups is 1. The minimum absolute atomic E-state index is 0.0156. The Morgan fingerprint density at radius 2 is 2.24 bits per heavy atom. The summed E-state index contributed by atoms with van der Waals surface area (Å²) in [7, 11) is 3.34. The second kappa shape index (κ2) is 5.67.